The molecular formula is C16H17BrN2S. The monoisotopic (exact) mass is 348 g/mol. The summed E-state index contributed by atoms with van der Waals surface area (Å²) < 4.78 is 0.916. The predicted octanol–water partition coefficient (Wildman–Crippen LogP) is 4.41. The zero-order valence-electron chi connectivity index (χ0n) is 11.6. The van der Waals surface area contributed by atoms with Gasteiger partial charge in [0.15, 0.2) is 0 Å². The van der Waals surface area contributed by atoms with Crippen molar-refractivity contribution in [2.75, 3.05) is 11.9 Å². The molecule has 0 atom stereocenters. The fourth-order valence-electron chi connectivity index (χ4n) is 2.13. The largest absolute Gasteiger partial charge is 0.389 e. The minimum absolute atomic E-state index is 0.393. The van der Waals surface area contributed by atoms with E-state index < -0.39 is 0 Å². The van der Waals surface area contributed by atoms with Gasteiger partial charge >= 0.3 is 0 Å². The first-order chi connectivity index (χ1) is 9.54. The Morgan fingerprint density at radius 1 is 1.20 bits per heavy atom. The Labute approximate surface area is 133 Å². The molecule has 0 amide bonds. The van der Waals surface area contributed by atoms with Crippen LogP contribution in [0, 0.1) is 0 Å². The molecule has 0 unspecified atom stereocenters. The lowest BCUT2D eigenvalue weighted by Crippen LogP contribution is -2.18. The molecule has 2 nitrogen and oxygen atoms in total. The highest BCUT2D eigenvalue weighted by Crippen LogP contribution is 2.31. The molecule has 0 spiro atoms. The van der Waals surface area contributed by atoms with Gasteiger partial charge in [0.25, 0.3) is 0 Å². The Morgan fingerprint density at radius 2 is 1.85 bits per heavy atom. The van der Waals surface area contributed by atoms with E-state index in [9.17, 15) is 0 Å². The second-order valence-electron chi connectivity index (χ2n) is 4.58. The van der Waals surface area contributed by atoms with Crippen LogP contribution >= 0.6 is 28.1 Å². The fraction of sp³-hybridized carbons (Fsp3) is 0.188. The predicted molar refractivity (Wildman–Crippen MR) is 93.9 cm³/mol. The van der Waals surface area contributed by atoms with Gasteiger partial charge in [0.05, 0.1) is 5.69 Å². The molecule has 2 N–H and O–H groups in total. The van der Waals surface area contributed by atoms with Crippen LogP contribution < -0.4 is 10.6 Å². The van der Waals surface area contributed by atoms with Crippen LogP contribution in [0.25, 0.3) is 0 Å². The summed E-state index contributed by atoms with van der Waals surface area (Å²) in [5, 5.41) is 0. The van der Waals surface area contributed by atoms with Crippen LogP contribution in [0.2, 0.25) is 0 Å². The highest BCUT2D eigenvalue weighted by atomic mass is 79.9. The van der Waals surface area contributed by atoms with E-state index in [0.717, 1.165) is 27.8 Å². The van der Waals surface area contributed by atoms with Gasteiger partial charge in [-0.25, -0.2) is 0 Å². The van der Waals surface area contributed by atoms with Crippen LogP contribution in [-0.4, -0.2) is 12.0 Å². The summed E-state index contributed by atoms with van der Waals surface area (Å²) in [6, 6.07) is 14.5. The normalized spacial score (nSPS) is 10.3. The first-order valence-corrected chi connectivity index (χ1v) is 7.65. The highest BCUT2D eigenvalue weighted by Gasteiger charge is 2.14. The smallest absolute Gasteiger partial charge is 0.107 e. The van der Waals surface area contributed by atoms with Crippen molar-refractivity contribution < 1.29 is 0 Å². The van der Waals surface area contributed by atoms with Crippen molar-refractivity contribution in [1.82, 2.24) is 0 Å². The number of halogens is 1. The first-order valence-electron chi connectivity index (χ1n) is 6.45. The Balaban J connectivity index is 2.44. The number of benzene rings is 2. The summed E-state index contributed by atoms with van der Waals surface area (Å²) in [5.41, 5.74) is 10.1. The number of nitrogens with two attached hydrogens (primary N) is 1. The van der Waals surface area contributed by atoms with Crippen LogP contribution in [0.3, 0.4) is 0 Å². The third-order valence-corrected chi connectivity index (χ3v) is 4.20. The standard InChI is InChI=1S/C16H17BrN2S/c1-3-11-7-9-12(10-8-11)19(2)14-6-4-5-13(17)15(14)16(18)20/h4-10H,3H2,1-2H3,(H2,18,20). The van der Waals surface area contributed by atoms with Crippen molar-refractivity contribution in [2.24, 2.45) is 5.73 Å². The molecule has 2 aromatic rings. The van der Waals surface area contributed by atoms with Gasteiger partial charge in [-0.1, -0.05) is 37.3 Å². The lowest BCUT2D eigenvalue weighted by molar-refractivity contribution is 1.13. The molecule has 104 valence electrons. The zero-order chi connectivity index (χ0) is 14.7. The lowest BCUT2D eigenvalue weighted by atomic mass is 10.1. The second kappa shape index (κ2) is 6.37. The molecule has 0 radical (unpaired) electrons. The van der Waals surface area contributed by atoms with Gasteiger partial charge in [0, 0.05) is 22.8 Å². The van der Waals surface area contributed by atoms with Crippen LogP contribution in [0.15, 0.2) is 46.9 Å². The summed E-state index contributed by atoms with van der Waals surface area (Å²) >= 11 is 8.68. The summed E-state index contributed by atoms with van der Waals surface area (Å²) in [6.45, 7) is 2.15. The van der Waals surface area contributed by atoms with Crippen LogP contribution in [-0.2, 0) is 6.42 Å². The molecule has 0 aliphatic carbocycles. The van der Waals surface area contributed by atoms with E-state index in [-0.39, 0.29) is 0 Å². The van der Waals surface area contributed by atoms with Crippen LogP contribution in [0.1, 0.15) is 18.1 Å². The molecule has 0 fully saturated rings. The lowest BCUT2D eigenvalue weighted by Gasteiger charge is -2.23. The highest BCUT2D eigenvalue weighted by molar-refractivity contribution is 9.10. The molecule has 0 saturated heterocycles. The minimum atomic E-state index is 0.393. The summed E-state index contributed by atoms with van der Waals surface area (Å²) in [6.07, 6.45) is 1.04. The minimum Gasteiger partial charge on any atom is -0.389 e. The molecule has 0 aliphatic heterocycles. The van der Waals surface area contributed by atoms with E-state index >= 15 is 0 Å². The summed E-state index contributed by atoms with van der Waals surface area (Å²) in [7, 11) is 2.02. The quantitative estimate of drug-likeness (QED) is 0.829. The van der Waals surface area contributed by atoms with E-state index in [1.54, 1.807) is 0 Å². The number of rotatable bonds is 4. The SMILES string of the molecule is CCc1ccc(N(C)c2cccc(Br)c2C(N)=S)cc1. The molecular weight excluding hydrogens is 332 g/mol. The molecule has 2 aromatic carbocycles. The average molecular weight is 349 g/mol. The van der Waals surface area contributed by atoms with Gasteiger partial charge in [-0.3, -0.25) is 0 Å². The van der Waals surface area contributed by atoms with Gasteiger partial charge in [0.1, 0.15) is 4.99 Å². The van der Waals surface area contributed by atoms with Gasteiger partial charge in [-0.05, 0) is 52.2 Å². The molecule has 2 rings (SSSR count). The van der Waals surface area contributed by atoms with Gasteiger partial charge in [0.2, 0.25) is 0 Å². The van der Waals surface area contributed by atoms with Gasteiger partial charge in [-0.15, -0.1) is 0 Å². The molecule has 0 bridgehead atoms. The Bertz CT molecular complexity index is 623. The Morgan fingerprint density at radius 3 is 2.40 bits per heavy atom. The number of nitrogens with zero attached hydrogens (tertiary/aromatic N) is 1. The van der Waals surface area contributed by atoms with Crippen molar-refractivity contribution in [1.29, 1.82) is 0 Å². The van der Waals surface area contributed by atoms with Crippen molar-refractivity contribution in [2.45, 2.75) is 13.3 Å². The Hall–Kier alpha value is -1.39. The molecule has 0 aromatic heterocycles. The van der Waals surface area contributed by atoms with Crippen molar-refractivity contribution in [3.8, 4) is 0 Å². The van der Waals surface area contributed by atoms with E-state index in [1.807, 2.05) is 25.2 Å². The van der Waals surface area contributed by atoms with Crippen LogP contribution in [0.4, 0.5) is 11.4 Å². The molecule has 4 heteroatoms. The maximum absolute atomic E-state index is 5.85. The van der Waals surface area contributed by atoms with Crippen molar-refractivity contribution in [3.63, 3.8) is 0 Å². The number of aryl methyl sites for hydroxylation is 1. The van der Waals surface area contributed by atoms with E-state index in [4.69, 9.17) is 18.0 Å². The van der Waals surface area contributed by atoms with E-state index in [0.29, 0.717) is 4.99 Å². The average Bonchev–Trinajstić information content (AvgIpc) is 2.46. The zero-order valence-corrected chi connectivity index (χ0v) is 14.0. The maximum atomic E-state index is 5.85. The van der Waals surface area contributed by atoms with Crippen molar-refractivity contribution in [3.05, 3.63) is 58.1 Å². The van der Waals surface area contributed by atoms with Crippen molar-refractivity contribution >= 4 is 44.5 Å². The van der Waals surface area contributed by atoms with E-state index in [1.165, 1.54) is 5.56 Å². The number of anilines is 2. The second-order valence-corrected chi connectivity index (χ2v) is 5.87. The number of thiocarbonyl (C=S) groups is 1. The number of hydrogen-bond acceptors (Lipinski definition) is 2. The molecule has 0 saturated carbocycles. The maximum Gasteiger partial charge on any atom is 0.107 e. The number of hydrogen-bond donors (Lipinski definition) is 1. The van der Waals surface area contributed by atoms with Gasteiger partial charge < -0.3 is 10.6 Å². The topological polar surface area (TPSA) is 29.3 Å². The van der Waals surface area contributed by atoms with Gasteiger partial charge in [-0.2, -0.15) is 0 Å². The third-order valence-electron chi connectivity index (χ3n) is 3.33. The molecule has 0 aliphatic rings. The first kappa shape index (κ1) is 15.0. The van der Waals surface area contributed by atoms with Crippen LogP contribution in [0.5, 0.6) is 0 Å². The fourth-order valence-corrected chi connectivity index (χ4v) is 3.05. The van der Waals surface area contributed by atoms with E-state index in [2.05, 4.69) is 52.0 Å². The Kier molecular flexibility index (Phi) is 4.78. The summed E-state index contributed by atoms with van der Waals surface area (Å²) in [5.74, 6) is 0. The molecule has 20 heavy (non-hydrogen) atoms. The molecule has 0 heterocycles. The summed E-state index contributed by atoms with van der Waals surface area (Å²) in [4.78, 5) is 2.49. The third kappa shape index (κ3) is 3.02.